The molecule has 1 heterocycles. The zero-order valence-corrected chi connectivity index (χ0v) is 5.20. The monoisotopic (exact) mass is 141 g/mol. The third-order valence-electron chi connectivity index (χ3n) is 1.22. The van der Waals surface area contributed by atoms with Gasteiger partial charge < -0.3 is 15.4 Å². The van der Waals surface area contributed by atoms with Crippen LogP contribution in [0.4, 0.5) is 0 Å². The van der Waals surface area contributed by atoms with Crippen LogP contribution in [0, 0.1) is 5.21 Å². The van der Waals surface area contributed by atoms with Crippen molar-refractivity contribution in [2.75, 3.05) is 6.54 Å². The molecule has 1 rings (SSSR count). The summed E-state index contributed by atoms with van der Waals surface area (Å²) in [4.78, 5) is 10.2. The minimum Gasteiger partial charge on any atom is -0.629 e. The van der Waals surface area contributed by atoms with E-state index in [1.165, 1.54) is 18.4 Å². The molecular weight excluding hydrogens is 134 g/mol. The van der Waals surface area contributed by atoms with Crippen molar-refractivity contribution >= 4 is 5.97 Å². The highest BCUT2D eigenvalue weighted by Gasteiger charge is 2.07. The highest BCUT2D eigenvalue weighted by atomic mass is 16.5. The van der Waals surface area contributed by atoms with Gasteiger partial charge >= 0.3 is 5.97 Å². The Hall–Kier alpha value is -1.13. The molecule has 4 heteroatoms. The summed E-state index contributed by atoms with van der Waals surface area (Å²) in [5, 5.41) is 18.8. The van der Waals surface area contributed by atoms with Gasteiger partial charge in [-0.2, -0.15) is 0 Å². The largest absolute Gasteiger partial charge is 0.629 e. The number of hydrogen-bond acceptors (Lipinski definition) is 2. The highest BCUT2D eigenvalue weighted by Crippen LogP contribution is 1.96. The summed E-state index contributed by atoms with van der Waals surface area (Å²) in [5.41, 5.74) is 0.194. The molecule has 1 atom stereocenters. The molecule has 0 saturated carbocycles. The van der Waals surface area contributed by atoms with E-state index in [0.29, 0.717) is 0 Å². The Labute approximate surface area is 57.6 Å². The molecule has 2 N–H and O–H groups in total. The summed E-state index contributed by atoms with van der Waals surface area (Å²) in [6, 6.07) is 0. The maximum absolute atomic E-state index is 10.5. The van der Waals surface area contributed by atoms with E-state index in [9.17, 15) is 10.0 Å². The van der Waals surface area contributed by atoms with Crippen molar-refractivity contribution in [2.24, 2.45) is 0 Å². The molecule has 0 aliphatic carbocycles. The van der Waals surface area contributed by atoms with Gasteiger partial charge in [0.1, 0.15) is 6.54 Å². The Morgan fingerprint density at radius 3 is 2.90 bits per heavy atom. The molecule has 0 aromatic heterocycles. The molecule has 10 heavy (non-hydrogen) atoms. The molecule has 1 aliphatic rings. The maximum atomic E-state index is 10.5. The SMILES string of the molecule is O=C(O)C1=CC[NH+]([O-])C=C1. The van der Waals surface area contributed by atoms with E-state index < -0.39 is 5.97 Å². The highest BCUT2D eigenvalue weighted by molar-refractivity contribution is 5.89. The summed E-state index contributed by atoms with van der Waals surface area (Å²) in [6.45, 7) is 0.206. The Balaban J connectivity index is 2.67. The van der Waals surface area contributed by atoms with E-state index in [-0.39, 0.29) is 17.2 Å². The normalized spacial score (nSPS) is 24.1. The first-order chi connectivity index (χ1) is 4.70. The molecule has 1 unspecified atom stereocenters. The van der Waals surface area contributed by atoms with Crippen LogP contribution in [0.5, 0.6) is 0 Å². The number of carboxylic acids is 1. The van der Waals surface area contributed by atoms with E-state index in [2.05, 4.69) is 0 Å². The standard InChI is InChI=1S/C6H7NO3/c8-6(9)5-1-3-7(10)4-2-5/h1-3,7H,4H2,(H,8,9). The quantitative estimate of drug-likeness (QED) is 0.456. The fourth-order valence-corrected chi connectivity index (χ4v) is 0.688. The van der Waals surface area contributed by atoms with Gasteiger partial charge in [0.05, 0.1) is 11.8 Å². The first kappa shape index (κ1) is 6.98. The van der Waals surface area contributed by atoms with Gasteiger partial charge in [0.25, 0.3) is 0 Å². The van der Waals surface area contributed by atoms with Crippen LogP contribution in [-0.4, -0.2) is 17.6 Å². The van der Waals surface area contributed by atoms with Gasteiger partial charge in [0.2, 0.25) is 0 Å². The van der Waals surface area contributed by atoms with Crippen LogP contribution in [0.3, 0.4) is 0 Å². The Morgan fingerprint density at radius 1 is 1.80 bits per heavy atom. The van der Waals surface area contributed by atoms with E-state index in [1.54, 1.807) is 0 Å². The van der Waals surface area contributed by atoms with Gasteiger partial charge in [-0.15, -0.1) is 0 Å². The molecule has 0 aromatic carbocycles. The summed E-state index contributed by atoms with van der Waals surface area (Å²) in [7, 11) is 0. The van der Waals surface area contributed by atoms with Crippen molar-refractivity contribution < 1.29 is 15.0 Å². The second-order valence-electron chi connectivity index (χ2n) is 1.97. The maximum Gasteiger partial charge on any atom is 0.335 e. The van der Waals surface area contributed by atoms with Gasteiger partial charge in [-0.05, 0) is 6.08 Å². The van der Waals surface area contributed by atoms with Crippen molar-refractivity contribution in [3.8, 4) is 0 Å². The fourth-order valence-electron chi connectivity index (χ4n) is 0.688. The number of aliphatic carboxylic acids is 1. The Kier molecular flexibility index (Phi) is 1.84. The molecule has 0 spiro atoms. The molecule has 0 aromatic rings. The van der Waals surface area contributed by atoms with E-state index in [0.717, 1.165) is 0 Å². The molecule has 0 bridgehead atoms. The van der Waals surface area contributed by atoms with E-state index >= 15 is 0 Å². The van der Waals surface area contributed by atoms with Gasteiger partial charge in [0, 0.05) is 6.08 Å². The lowest BCUT2D eigenvalue weighted by atomic mass is 10.2. The zero-order valence-electron chi connectivity index (χ0n) is 5.20. The van der Waals surface area contributed by atoms with Gasteiger partial charge in [-0.25, -0.2) is 4.79 Å². The van der Waals surface area contributed by atoms with Crippen molar-refractivity contribution in [2.45, 2.75) is 0 Å². The third kappa shape index (κ3) is 1.43. The number of carboxylic acid groups (broad SMARTS) is 1. The predicted octanol–water partition coefficient (Wildman–Crippen LogP) is -1.09. The molecule has 54 valence electrons. The van der Waals surface area contributed by atoms with Crippen LogP contribution >= 0.6 is 0 Å². The molecule has 0 radical (unpaired) electrons. The molecule has 0 fully saturated rings. The topological polar surface area (TPSA) is 64.8 Å². The second kappa shape index (κ2) is 2.64. The minimum atomic E-state index is -0.983. The summed E-state index contributed by atoms with van der Waals surface area (Å²) in [6.07, 6.45) is 4.00. The number of nitrogens with one attached hydrogen (secondary N) is 1. The van der Waals surface area contributed by atoms with Crippen molar-refractivity contribution in [1.82, 2.24) is 0 Å². The molecule has 1 aliphatic heterocycles. The number of hydrogen-bond donors (Lipinski definition) is 2. The summed E-state index contributed by atoms with van der Waals surface area (Å²) in [5.74, 6) is -0.983. The number of rotatable bonds is 1. The van der Waals surface area contributed by atoms with E-state index in [1.807, 2.05) is 0 Å². The predicted molar refractivity (Wildman–Crippen MR) is 34.1 cm³/mol. The van der Waals surface area contributed by atoms with Gasteiger partial charge in [-0.1, -0.05) is 0 Å². The van der Waals surface area contributed by atoms with Crippen LogP contribution < -0.4 is 5.06 Å². The van der Waals surface area contributed by atoms with Crippen LogP contribution in [0.1, 0.15) is 0 Å². The van der Waals surface area contributed by atoms with Crippen LogP contribution in [0.2, 0.25) is 0 Å². The average Bonchev–Trinajstić information content (AvgIpc) is 1.88. The van der Waals surface area contributed by atoms with Crippen molar-refractivity contribution in [3.63, 3.8) is 0 Å². The van der Waals surface area contributed by atoms with E-state index in [4.69, 9.17) is 5.11 Å². The summed E-state index contributed by atoms with van der Waals surface area (Å²) < 4.78 is 0. The third-order valence-corrected chi connectivity index (χ3v) is 1.22. The molecular formula is C6H7NO3. The lowest BCUT2D eigenvalue weighted by Gasteiger charge is -2.17. The molecule has 4 nitrogen and oxygen atoms in total. The first-order valence-electron chi connectivity index (χ1n) is 2.84. The second-order valence-corrected chi connectivity index (χ2v) is 1.97. The van der Waals surface area contributed by atoms with Crippen LogP contribution in [-0.2, 0) is 4.79 Å². The number of quaternary nitrogens is 1. The first-order valence-corrected chi connectivity index (χ1v) is 2.84. The van der Waals surface area contributed by atoms with Crippen molar-refractivity contribution in [3.05, 3.63) is 29.1 Å². The van der Waals surface area contributed by atoms with Gasteiger partial charge in [0.15, 0.2) is 0 Å². The van der Waals surface area contributed by atoms with Crippen molar-refractivity contribution in [1.29, 1.82) is 0 Å². The average molecular weight is 141 g/mol. The number of carbonyl (C=O) groups is 1. The molecule has 0 saturated heterocycles. The lowest BCUT2D eigenvalue weighted by molar-refractivity contribution is -0.784. The fraction of sp³-hybridized carbons (Fsp3) is 0.167. The zero-order chi connectivity index (χ0) is 7.56. The van der Waals surface area contributed by atoms with Crippen LogP contribution in [0.15, 0.2) is 23.9 Å². The Morgan fingerprint density at radius 2 is 2.50 bits per heavy atom. The summed E-state index contributed by atoms with van der Waals surface area (Å²) >= 11 is 0. The minimum absolute atomic E-state index is 0.0509. The Bertz CT molecular complexity index is 207. The van der Waals surface area contributed by atoms with Gasteiger partial charge in [-0.3, -0.25) is 0 Å². The van der Waals surface area contributed by atoms with Crippen LogP contribution in [0.25, 0.3) is 0 Å². The molecule has 0 amide bonds. The number of hydroxylamine groups is 2. The smallest absolute Gasteiger partial charge is 0.335 e. The lowest BCUT2D eigenvalue weighted by Crippen LogP contribution is -3.02.